The Labute approximate surface area is 239 Å². The van der Waals surface area contributed by atoms with Gasteiger partial charge in [-0.25, -0.2) is 4.39 Å². The number of ether oxygens (including phenoxy) is 4. The molecular weight excluding hydrogens is 529 g/mol. The van der Waals surface area contributed by atoms with Gasteiger partial charge in [-0.2, -0.15) is 0 Å². The fraction of sp³-hybridized carbons (Fsp3) is 0.355. The lowest BCUT2D eigenvalue weighted by molar-refractivity contribution is -0.134. The second-order valence-electron chi connectivity index (χ2n) is 10.0. The first-order valence-electron chi connectivity index (χ1n) is 13.4. The van der Waals surface area contributed by atoms with E-state index in [9.17, 15) is 14.0 Å². The highest BCUT2D eigenvalue weighted by atomic mass is 19.1. The summed E-state index contributed by atoms with van der Waals surface area (Å²) >= 11 is 0. The van der Waals surface area contributed by atoms with Crippen molar-refractivity contribution in [2.45, 2.75) is 12.0 Å². The zero-order valence-electron chi connectivity index (χ0n) is 23.8. The molecule has 5 rings (SSSR count). The molecular formula is C31H34FN3O6. The predicted molar refractivity (Wildman–Crippen MR) is 152 cm³/mol. The Bertz CT molecular complexity index is 1460. The molecule has 0 spiro atoms. The zero-order chi connectivity index (χ0) is 29.3. The molecule has 216 valence electrons. The van der Waals surface area contributed by atoms with Crippen molar-refractivity contribution in [1.29, 1.82) is 0 Å². The number of carbonyl (C=O) groups is 2. The number of amides is 2. The van der Waals surface area contributed by atoms with Crippen LogP contribution in [0.4, 0.5) is 10.1 Å². The van der Waals surface area contributed by atoms with Gasteiger partial charge in [-0.05, 0) is 47.5 Å². The highest BCUT2D eigenvalue weighted by Crippen LogP contribution is 2.47. The van der Waals surface area contributed by atoms with Crippen molar-refractivity contribution in [3.05, 3.63) is 77.1 Å². The number of nitrogens with zero attached hydrogens (tertiary/aromatic N) is 3. The number of methoxy groups -OCH3 is 4. The molecule has 41 heavy (non-hydrogen) atoms. The fourth-order valence-electron chi connectivity index (χ4n) is 5.84. The summed E-state index contributed by atoms with van der Waals surface area (Å²) in [6.07, 6.45) is 0. The number of benzene rings is 3. The molecule has 0 saturated carbocycles. The Kier molecular flexibility index (Phi) is 7.92. The first-order valence-corrected chi connectivity index (χ1v) is 13.4. The molecule has 10 heteroatoms. The highest BCUT2D eigenvalue weighted by molar-refractivity contribution is 6.02. The van der Waals surface area contributed by atoms with Crippen molar-refractivity contribution < 1.29 is 32.9 Å². The summed E-state index contributed by atoms with van der Waals surface area (Å²) in [4.78, 5) is 33.5. The topological polar surface area (TPSA) is 80.8 Å². The number of halogens is 1. The number of likely N-dealkylation sites (N-methyl/N-ethyl adjacent to an activating group) is 1. The molecule has 2 amide bonds. The predicted octanol–water partition coefficient (Wildman–Crippen LogP) is 4.12. The van der Waals surface area contributed by atoms with Crippen molar-refractivity contribution in [1.82, 2.24) is 9.80 Å². The Morgan fingerprint density at radius 1 is 0.805 bits per heavy atom. The third-order valence-corrected chi connectivity index (χ3v) is 7.97. The summed E-state index contributed by atoms with van der Waals surface area (Å²) in [6, 6.07) is 14.8. The Balaban J connectivity index is 1.56. The molecule has 0 unspecified atom stereocenters. The number of piperazine rings is 1. The largest absolute Gasteiger partial charge is 0.493 e. The monoisotopic (exact) mass is 563 g/mol. The second-order valence-corrected chi connectivity index (χ2v) is 10.0. The molecule has 0 aliphatic carbocycles. The van der Waals surface area contributed by atoms with Gasteiger partial charge >= 0.3 is 0 Å². The third-order valence-electron chi connectivity index (χ3n) is 7.97. The fourth-order valence-corrected chi connectivity index (χ4v) is 5.84. The van der Waals surface area contributed by atoms with E-state index in [0.29, 0.717) is 66.0 Å². The first-order chi connectivity index (χ1) is 19.8. The minimum atomic E-state index is -0.745. The van der Waals surface area contributed by atoms with E-state index >= 15 is 0 Å². The highest BCUT2D eigenvalue weighted by Gasteiger charge is 2.45. The average molecular weight is 564 g/mol. The first kappa shape index (κ1) is 28.1. The summed E-state index contributed by atoms with van der Waals surface area (Å²) in [5, 5.41) is 0. The van der Waals surface area contributed by atoms with E-state index in [-0.39, 0.29) is 17.6 Å². The van der Waals surface area contributed by atoms with Crippen molar-refractivity contribution in [3.63, 3.8) is 0 Å². The van der Waals surface area contributed by atoms with Gasteiger partial charge in [-0.1, -0.05) is 18.2 Å². The van der Waals surface area contributed by atoms with Gasteiger partial charge in [0, 0.05) is 38.8 Å². The third kappa shape index (κ3) is 4.98. The summed E-state index contributed by atoms with van der Waals surface area (Å²) in [6.45, 7) is 1.77. The lowest BCUT2D eigenvalue weighted by Crippen LogP contribution is -2.53. The standard InChI is InChI=1S/C31H34FN3O6/c1-33-29(19-10-11-24(38-2)25(16-19)39-3)28(20-17-26(40-4)27(41-5)18-21(20)30(33)36)31(37)35-14-12-34(13-15-35)23-9-7-6-8-22(23)32/h6-11,16-18,28-29H,12-15H2,1-5H3/t28-,29+/m0/s1. The Hall–Kier alpha value is -4.47. The Morgan fingerprint density at radius 2 is 1.41 bits per heavy atom. The number of para-hydroxylation sites is 1. The van der Waals surface area contributed by atoms with Crippen LogP contribution in [-0.2, 0) is 4.79 Å². The molecule has 2 heterocycles. The van der Waals surface area contributed by atoms with Gasteiger partial charge in [-0.15, -0.1) is 0 Å². The number of hydrogen-bond donors (Lipinski definition) is 0. The summed E-state index contributed by atoms with van der Waals surface area (Å²) in [5.41, 5.74) is 2.19. The number of rotatable bonds is 7. The summed E-state index contributed by atoms with van der Waals surface area (Å²) < 4.78 is 36.5. The minimum absolute atomic E-state index is 0.134. The lowest BCUT2D eigenvalue weighted by Gasteiger charge is -2.43. The molecule has 2 aliphatic rings. The smallest absolute Gasteiger partial charge is 0.254 e. The van der Waals surface area contributed by atoms with Gasteiger partial charge in [0.05, 0.1) is 46.1 Å². The van der Waals surface area contributed by atoms with Crippen LogP contribution in [0.5, 0.6) is 23.0 Å². The minimum Gasteiger partial charge on any atom is -0.493 e. The van der Waals surface area contributed by atoms with Crippen molar-refractivity contribution in [3.8, 4) is 23.0 Å². The quantitative estimate of drug-likeness (QED) is 0.428. The van der Waals surface area contributed by atoms with E-state index in [1.807, 2.05) is 11.0 Å². The van der Waals surface area contributed by atoms with Gasteiger partial charge in [-0.3, -0.25) is 9.59 Å². The lowest BCUT2D eigenvalue weighted by atomic mass is 9.78. The summed E-state index contributed by atoms with van der Waals surface area (Å²) in [7, 11) is 7.81. The average Bonchev–Trinajstić information content (AvgIpc) is 3.01. The molecule has 9 nitrogen and oxygen atoms in total. The maximum Gasteiger partial charge on any atom is 0.254 e. The van der Waals surface area contributed by atoms with Crippen molar-refractivity contribution in [2.75, 3.05) is 66.6 Å². The Morgan fingerprint density at radius 3 is 2.05 bits per heavy atom. The molecule has 1 saturated heterocycles. The van der Waals surface area contributed by atoms with Crippen LogP contribution in [0.2, 0.25) is 0 Å². The summed E-state index contributed by atoms with van der Waals surface area (Å²) in [5.74, 6) is 0.460. The van der Waals surface area contributed by atoms with Crippen LogP contribution in [0.1, 0.15) is 33.4 Å². The SMILES string of the molecule is COc1ccc([C@@H]2[C@@H](C(=O)N3CCN(c4ccccc4F)CC3)c3cc(OC)c(OC)cc3C(=O)N2C)cc1OC. The number of fused-ring (bicyclic) bond motifs is 1. The van der Waals surface area contributed by atoms with E-state index in [1.54, 1.807) is 73.5 Å². The van der Waals surface area contributed by atoms with Gasteiger partial charge in [0.15, 0.2) is 23.0 Å². The van der Waals surface area contributed by atoms with E-state index in [2.05, 4.69) is 0 Å². The van der Waals surface area contributed by atoms with Crippen LogP contribution < -0.4 is 23.8 Å². The van der Waals surface area contributed by atoms with Crippen LogP contribution in [0.3, 0.4) is 0 Å². The van der Waals surface area contributed by atoms with Crippen molar-refractivity contribution >= 4 is 17.5 Å². The van der Waals surface area contributed by atoms with Gasteiger partial charge in [0.2, 0.25) is 5.91 Å². The van der Waals surface area contributed by atoms with E-state index in [4.69, 9.17) is 18.9 Å². The molecule has 2 aliphatic heterocycles. The molecule has 0 N–H and O–H groups in total. The molecule has 3 aromatic carbocycles. The molecule has 1 fully saturated rings. The van der Waals surface area contributed by atoms with Crippen LogP contribution in [-0.4, -0.2) is 83.3 Å². The van der Waals surface area contributed by atoms with Crippen LogP contribution in [0, 0.1) is 5.82 Å². The molecule has 0 aromatic heterocycles. The maximum absolute atomic E-state index is 14.5. The van der Waals surface area contributed by atoms with Gasteiger partial charge in [0.25, 0.3) is 5.91 Å². The van der Waals surface area contributed by atoms with Crippen LogP contribution in [0.25, 0.3) is 0 Å². The van der Waals surface area contributed by atoms with Crippen LogP contribution in [0.15, 0.2) is 54.6 Å². The molecule has 3 aromatic rings. The molecule has 2 atom stereocenters. The maximum atomic E-state index is 14.5. The van der Waals surface area contributed by atoms with E-state index in [1.165, 1.54) is 20.3 Å². The van der Waals surface area contributed by atoms with Gasteiger partial charge in [0.1, 0.15) is 5.82 Å². The zero-order valence-corrected chi connectivity index (χ0v) is 23.8. The van der Waals surface area contributed by atoms with E-state index < -0.39 is 12.0 Å². The normalized spacial score (nSPS) is 18.6. The van der Waals surface area contributed by atoms with Gasteiger partial charge < -0.3 is 33.6 Å². The number of carbonyl (C=O) groups excluding carboxylic acids is 2. The van der Waals surface area contributed by atoms with E-state index in [0.717, 1.165) is 5.56 Å². The second kappa shape index (κ2) is 11.6. The number of anilines is 1. The van der Waals surface area contributed by atoms with Crippen molar-refractivity contribution in [2.24, 2.45) is 0 Å². The number of hydrogen-bond acceptors (Lipinski definition) is 7. The molecule has 0 radical (unpaired) electrons. The van der Waals surface area contributed by atoms with Crippen LogP contribution >= 0.6 is 0 Å². The molecule has 0 bridgehead atoms.